The molecule has 2 fully saturated rings. The summed E-state index contributed by atoms with van der Waals surface area (Å²) >= 11 is 0. The fourth-order valence-electron chi connectivity index (χ4n) is 4.90. The van der Waals surface area contributed by atoms with Gasteiger partial charge in [0.2, 0.25) is 0 Å². The third-order valence-electron chi connectivity index (χ3n) is 6.54. The van der Waals surface area contributed by atoms with Gasteiger partial charge in [0.25, 0.3) is 0 Å². The van der Waals surface area contributed by atoms with Gasteiger partial charge in [-0.25, -0.2) is 4.68 Å². The molecule has 2 aromatic rings. The quantitative estimate of drug-likeness (QED) is 0.681. The number of benzene rings is 1. The summed E-state index contributed by atoms with van der Waals surface area (Å²) in [6, 6.07) is 9.26. The maximum absolute atomic E-state index is 5.27. The molecule has 0 amide bonds. The molecule has 1 aromatic carbocycles. The van der Waals surface area contributed by atoms with Crippen LogP contribution in [0.15, 0.2) is 24.3 Å². The maximum Gasteiger partial charge on any atom is 0.168 e. The summed E-state index contributed by atoms with van der Waals surface area (Å²) in [5.74, 6) is 1.87. The van der Waals surface area contributed by atoms with E-state index in [4.69, 9.17) is 4.74 Å². The van der Waals surface area contributed by atoms with Crippen LogP contribution in [0.5, 0.6) is 5.75 Å². The summed E-state index contributed by atoms with van der Waals surface area (Å²) in [5.41, 5.74) is 1.18. The summed E-state index contributed by atoms with van der Waals surface area (Å²) < 4.78 is 7.24. The van der Waals surface area contributed by atoms with Crippen molar-refractivity contribution >= 4 is 0 Å². The molecule has 0 bridgehead atoms. The third kappa shape index (κ3) is 4.78. The van der Waals surface area contributed by atoms with Gasteiger partial charge in [0, 0.05) is 32.2 Å². The number of hydrogen-bond donors (Lipinski definition) is 0. The molecule has 7 heteroatoms. The lowest BCUT2D eigenvalue weighted by Crippen LogP contribution is -2.50. The van der Waals surface area contributed by atoms with Crippen molar-refractivity contribution in [3.63, 3.8) is 0 Å². The number of hydrogen-bond acceptors (Lipinski definition) is 6. The van der Waals surface area contributed by atoms with Crippen LogP contribution in [0, 0.1) is 0 Å². The fourth-order valence-corrected chi connectivity index (χ4v) is 4.90. The van der Waals surface area contributed by atoms with E-state index < -0.39 is 0 Å². The van der Waals surface area contributed by atoms with Gasteiger partial charge in [-0.1, -0.05) is 38.3 Å². The van der Waals surface area contributed by atoms with E-state index in [-0.39, 0.29) is 0 Å². The summed E-state index contributed by atoms with van der Waals surface area (Å²) in [6.07, 6.45) is 7.80. The number of piperazine rings is 1. The Morgan fingerprint density at radius 3 is 2.45 bits per heavy atom. The second kappa shape index (κ2) is 9.67. The standard InChI is InChI=1S/C22H34N6O/c1-3-6-21(27-15-13-26(14-16-27)19-7-4-5-8-19)22-23-24-25-28(22)17-18-9-11-20(29-2)12-10-18/h9-12,19,21H,3-8,13-17H2,1-2H3/t21-/m1/s1. The molecule has 2 aliphatic rings. The van der Waals surface area contributed by atoms with Gasteiger partial charge in [-0.3, -0.25) is 9.80 Å². The summed E-state index contributed by atoms with van der Waals surface area (Å²) in [6.45, 7) is 7.50. The second-order valence-corrected chi connectivity index (χ2v) is 8.36. The van der Waals surface area contributed by atoms with E-state index >= 15 is 0 Å². The van der Waals surface area contributed by atoms with Crippen molar-refractivity contribution in [3.05, 3.63) is 35.7 Å². The van der Waals surface area contributed by atoms with Crippen LogP contribution in [-0.4, -0.2) is 69.3 Å². The molecular weight excluding hydrogens is 364 g/mol. The first-order chi connectivity index (χ1) is 14.3. The predicted octanol–water partition coefficient (Wildman–Crippen LogP) is 3.13. The molecule has 1 atom stereocenters. The average molecular weight is 399 g/mol. The average Bonchev–Trinajstić information content (AvgIpc) is 3.45. The molecule has 4 rings (SSSR count). The van der Waals surface area contributed by atoms with Crippen LogP contribution in [-0.2, 0) is 6.54 Å². The van der Waals surface area contributed by atoms with Crippen LogP contribution >= 0.6 is 0 Å². The van der Waals surface area contributed by atoms with E-state index in [9.17, 15) is 0 Å². The number of rotatable bonds is 8. The van der Waals surface area contributed by atoms with E-state index in [0.717, 1.165) is 43.5 Å². The van der Waals surface area contributed by atoms with Gasteiger partial charge in [-0.2, -0.15) is 0 Å². The Hall–Kier alpha value is -1.99. The SMILES string of the molecule is CCC[C@H](c1nnnn1Cc1ccc(OC)cc1)N1CCN(C2CCCC2)CC1. The Morgan fingerprint density at radius 1 is 1.07 bits per heavy atom. The van der Waals surface area contributed by atoms with Crippen molar-refractivity contribution in [1.82, 2.24) is 30.0 Å². The zero-order chi connectivity index (χ0) is 20.1. The fraction of sp³-hybridized carbons (Fsp3) is 0.682. The van der Waals surface area contributed by atoms with Crippen LogP contribution < -0.4 is 4.74 Å². The molecule has 1 aromatic heterocycles. The molecule has 1 saturated heterocycles. The van der Waals surface area contributed by atoms with Gasteiger partial charge in [0.15, 0.2) is 5.82 Å². The first kappa shape index (κ1) is 20.3. The minimum atomic E-state index is 0.291. The highest BCUT2D eigenvalue weighted by Gasteiger charge is 2.31. The first-order valence-electron chi connectivity index (χ1n) is 11.2. The highest BCUT2D eigenvalue weighted by atomic mass is 16.5. The smallest absolute Gasteiger partial charge is 0.168 e. The van der Waals surface area contributed by atoms with Gasteiger partial charge in [-0.05, 0) is 47.4 Å². The Morgan fingerprint density at radius 2 is 1.79 bits per heavy atom. The van der Waals surface area contributed by atoms with Crippen molar-refractivity contribution < 1.29 is 4.74 Å². The molecule has 1 saturated carbocycles. The molecule has 29 heavy (non-hydrogen) atoms. The molecule has 0 radical (unpaired) electrons. The van der Waals surface area contributed by atoms with E-state index in [1.165, 1.54) is 44.3 Å². The van der Waals surface area contributed by atoms with Crippen molar-refractivity contribution in [3.8, 4) is 5.75 Å². The first-order valence-corrected chi connectivity index (χ1v) is 11.2. The monoisotopic (exact) mass is 398 g/mol. The van der Waals surface area contributed by atoms with Crippen LogP contribution in [0.25, 0.3) is 0 Å². The van der Waals surface area contributed by atoms with E-state index in [2.05, 4.69) is 44.4 Å². The lowest BCUT2D eigenvalue weighted by Gasteiger charge is -2.41. The topological polar surface area (TPSA) is 59.3 Å². The Kier molecular flexibility index (Phi) is 6.77. The van der Waals surface area contributed by atoms with Gasteiger partial charge in [-0.15, -0.1) is 5.10 Å². The molecule has 1 aliphatic carbocycles. The highest BCUT2D eigenvalue weighted by molar-refractivity contribution is 5.27. The number of aromatic nitrogens is 4. The van der Waals surface area contributed by atoms with Crippen molar-refractivity contribution in [2.45, 2.75) is 64.1 Å². The zero-order valence-electron chi connectivity index (χ0n) is 17.8. The Bertz CT molecular complexity index is 747. The normalized spacial score (nSPS) is 20.2. The number of tetrazole rings is 1. The predicted molar refractivity (Wildman–Crippen MR) is 113 cm³/mol. The molecule has 7 nitrogen and oxygen atoms in total. The third-order valence-corrected chi connectivity index (χ3v) is 6.54. The summed E-state index contributed by atoms with van der Waals surface area (Å²) in [4.78, 5) is 5.32. The largest absolute Gasteiger partial charge is 0.497 e. The molecule has 2 heterocycles. The molecule has 0 N–H and O–H groups in total. The van der Waals surface area contributed by atoms with Gasteiger partial charge < -0.3 is 4.74 Å². The van der Waals surface area contributed by atoms with E-state index in [1.54, 1.807) is 7.11 Å². The van der Waals surface area contributed by atoms with Gasteiger partial charge >= 0.3 is 0 Å². The Balaban J connectivity index is 1.44. The molecule has 0 spiro atoms. The van der Waals surface area contributed by atoms with E-state index in [1.807, 2.05) is 16.8 Å². The zero-order valence-corrected chi connectivity index (χ0v) is 17.8. The van der Waals surface area contributed by atoms with Gasteiger partial charge in [0.05, 0.1) is 19.7 Å². The van der Waals surface area contributed by atoms with Crippen molar-refractivity contribution in [2.75, 3.05) is 33.3 Å². The van der Waals surface area contributed by atoms with Crippen LogP contribution in [0.3, 0.4) is 0 Å². The van der Waals surface area contributed by atoms with Crippen molar-refractivity contribution in [2.24, 2.45) is 0 Å². The van der Waals surface area contributed by atoms with Crippen LogP contribution in [0.4, 0.5) is 0 Å². The molecule has 1 aliphatic heterocycles. The number of nitrogens with zero attached hydrogens (tertiary/aromatic N) is 6. The van der Waals surface area contributed by atoms with E-state index in [0.29, 0.717) is 12.6 Å². The maximum atomic E-state index is 5.27. The second-order valence-electron chi connectivity index (χ2n) is 8.36. The molecular formula is C22H34N6O. The molecule has 0 unspecified atom stereocenters. The lowest BCUT2D eigenvalue weighted by atomic mass is 10.1. The minimum absolute atomic E-state index is 0.291. The molecule has 158 valence electrons. The van der Waals surface area contributed by atoms with Crippen LogP contribution in [0.1, 0.15) is 62.9 Å². The summed E-state index contributed by atoms with van der Waals surface area (Å²) in [7, 11) is 1.69. The number of ether oxygens (including phenoxy) is 1. The van der Waals surface area contributed by atoms with Crippen molar-refractivity contribution in [1.29, 1.82) is 0 Å². The lowest BCUT2D eigenvalue weighted by molar-refractivity contribution is 0.0627. The minimum Gasteiger partial charge on any atom is -0.497 e. The van der Waals surface area contributed by atoms with Gasteiger partial charge in [0.1, 0.15) is 5.75 Å². The summed E-state index contributed by atoms with van der Waals surface area (Å²) in [5, 5.41) is 12.8. The van der Waals surface area contributed by atoms with Crippen LogP contribution in [0.2, 0.25) is 0 Å². The Labute approximate surface area is 174 Å². The highest BCUT2D eigenvalue weighted by Crippen LogP contribution is 2.29. The number of methoxy groups -OCH3 is 1.